The first kappa shape index (κ1) is 8.46. The Labute approximate surface area is 78.3 Å². The van der Waals surface area contributed by atoms with Crippen LogP contribution >= 0.6 is 11.3 Å². The number of amides is 1. The van der Waals surface area contributed by atoms with Crippen molar-refractivity contribution in [2.24, 2.45) is 0 Å². The third-order valence-corrected chi connectivity index (χ3v) is 2.97. The van der Waals surface area contributed by atoms with E-state index in [1.54, 1.807) is 11.6 Å². The van der Waals surface area contributed by atoms with Gasteiger partial charge < -0.3 is 15.1 Å². The number of thiazole rings is 1. The number of aliphatic hydroxyl groups is 1. The van der Waals surface area contributed by atoms with Crippen LogP contribution < -0.4 is 0 Å². The summed E-state index contributed by atoms with van der Waals surface area (Å²) >= 11 is 1.34. The van der Waals surface area contributed by atoms with Crippen LogP contribution in [0, 0.1) is 0 Å². The van der Waals surface area contributed by atoms with E-state index in [-0.39, 0.29) is 13.1 Å². The molecule has 1 amide bonds. The standard InChI is InChI=1S/C7H8N2O3S/c10-6(11)9-3-7(12,4-9)5-8-1-2-13-5/h1-2,12H,3-4H2,(H,10,11). The third-order valence-electron chi connectivity index (χ3n) is 2.01. The molecule has 0 aliphatic carbocycles. The molecule has 2 heterocycles. The van der Waals surface area contributed by atoms with E-state index in [0.29, 0.717) is 5.01 Å². The molecule has 0 saturated carbocycles. The zero-order valence-electron chi connectivity index (χ0n) is 6.67. The molecule has 0 unspecified atom stereocenters. The van der Waals surface area contributed by atoms with E-state index >= 15 is 0 Å². The summed E-state index contributed by atoms with van der Waals surface area (Å²) in [6, 6.07) is 0. The Morgan fingerprint density at radius 1 is 1.69 bits per heavy atom. The number of aromatic nitrogens is 1. The van der Waals surface area contributed by atoms with Crippen molar-refractivity contribution in [2.45, 2.75) is 5.60 Å². The molecule has 0 radical (unpaired) electrons. The van der Waals surface area contributed by atoms with Gasteiger partial charge >= 0.3 is 6.09 Å². The highest BCUT2D eigenvalue weighted by molar-refractivity contribution is 7.09. The Hall–Kier alpha value is -1.14. The fourth-order valence-electron chi connectivity index (χ4n) is 1.31. The van der Waals surface area contributed by atoms with Crippen molar-refractivity contribution in [3.8, 4) is 0 Å². The molecule has 2 N–H and O–H groups in total. The number of carbonyl (C=O) groups is 1. The van der Waals surface area contributed by atoms with Crippen LogP contribution in [0.1, 0.15) is 5.01 Å². The molecular formula is C7H8N2O3S. The van der Waals surface area contributed by atoms with Gasteiger partial charge in [0.2, 0.25) is 0 Å². The summed E-state index contributed by atoms with van der Waals surface area (Å²) in [6.07, 6.45) is 0.600. The van der Waals surface area contributed by atoms with Crippen molar-refractivity contribution in [3.63, 3.8) is 0 Å². The number of likely N-dealkylation sites (tertiary alicyclic amines) is 1. The predicted molar refractivity (Wildman–Crippen MR) is 45.6 cm³/mol. The van der Waals surface area contributed by atoms with Crippen molar-refractivity contribution in [2.75, 3.05) is 13.1 Å². The highest BCUT2D eigenvalue weighted by atomic mass is 32.1. The van der Waals surface area contributed by atoms with Crippen LogP contribution in [0.2, 0.25) is 0 Å². The normalized spacial score (nSPS) is 19.6. The molecule has 1 aliphatic rings. The molecule has 1 aliphatic heterocycles. The van der Waals surface area contributed by atoms with Gasteiger partial charge in [-0.15, -0.1) is 11.3 Å². The molecule has 0 aromatic carbocycles. The van der Waals surface area contributed by atoms with Crippen molar-refractivity contribution < 1.29 is 15.0 Å². The van der Waals surface area contributed by atoms with Gasteiger partial charge in [0.1, 0.15) is 5.01 Å². The largest absolute Gasteiger partial charge is 0.465 e. The monoisotopic (exact) mass is 200 g/mol. The van der Waals surface area contributed by atoms with Crippen LogP contribution in [0.3, 0.4) is 0 Å². The average Bonchev–Trinajstić information content (AvgIpc) is 2.49. The summed E-state index contributed by atoms with van der Waals surface area (Å²) in [6.45, 7) is 0.242. The number of nitrogens with zero attached hydrogens (tertiary/aromatic N) is 2. The highest BCUT2D eigenvalue weighted by Gasteiger charge is 2.47. The number of carboxylic acid groups (broad SMARTS) is 1. The van der Waals surface area contributed by atoms with Crippen molar-refractivity contribution in [1.82, 2.24) is 9.88 Å². The van der Waals surface area contributed by atoms with E-state index in [4.69, 9.17) is 5.11 Å². The number of hydrogen-bond acceptors (Lipinski definition) is 4. The average molecular weight is 200 g/mol. The Balaban J connectivity index is 2.08. The summed E-state index contributed by atoms with van der Waals surface area (Å²) in [5, 5.41) is 20.7. The minimum atomic E-state index is -1.05. The van der Waals surface area contributed by atoms with Gasteiger partial charge in [0.25, 0.3) is 0 Å². The van der Waals surface area contributed by atoms with Crippen LogP contribution in [-0.2, 0) is 5.60 Å². The number of hydrogen-bond donors (Lipinski definition) is 2. The molecule has 13 heavy (non-hydrogen) atoms. The molecule has 70 valence electrons. The van der Waals surface area contributed by atoms with E-state index in [0.717, 1.165) is 4.90 Å². The van der Waals surface area contributed by atoms with Crippen molar-refractivity contribution in [3.05, 3.63) is 16.6 Å². The smallest absolute Gasteiger partial charge is 0.407 e. The first-order chi connectivity index (χ1) is 6.12. The Bertz CT molecular complexity index is 318. The lowest BCUT2D eigenvalue weighted by molar-refractivity contribution is -0.0898. The zero-order valence-corrected chi connectivity index (χ0v) is 7.49. The summed E-state index contributed by atoms with van der Waals surface area (Å²) < 4.78 is 0. The molecule has 1 aromatic heterocycles. The Morgan fingerprint density at radius 3 is 2.85 bits per heavy atom. The second-order valence-electron chi connectivity index (χ2n) is 3.01. The molecule has 5 nitrogen and oxygen atoms in total. The molecule has 0 atom stereocenters. The summed E-state index contributed by atoms with van der Waals surface area (Å²) in [7, 11) is 0. The Kier molecular flexibility index (Phi) is 1.74. The minimum absolute atomic E-state index is 0.121. The Morgan fingerprint density at radius 2 is 2.38 bits per heavy atom. The van der Waals surface area contributed by atoms with Crippen LogP contribution in [0.4, 0.5) is 4.79 Å². The van der Waals surface area contributed by atoms with Crippen LogP contribution in [0.15, 0.2) is 11.6 Å². The highest BCUT2D eigenvalue weighted by Crippen LogP contribution is 2.32. The molecular weight excluding hydrogens is 192 g/mol. The van der Waals surface area contributed by atoms with Crippen LogP contribution in [-0.4, -0.2) is 39.3 Å². The maximum atomic E-state index is 10.4. The van der Waals surface area contributed by atoms with E-state index < -0.39 is 11.7 Å². The maximum Gasteiger partial charge on any atom is 0.407 e. The molecule has 1 fully saturated rings. The van der Waals surface area contributed by atoms with Crippen molar-refractivity contribution in [1.29, 1.82) is 0 Å². The number of β-amino-alcohol motifs (C(OH)–C–C–N with tert-alkyl or cyclic N) is 1. The van der Waals surface area contributed by atoms with Gasteiger partial charge in [0, 0.05) is 11.6 Å². The predicted octanol–water partition coefficient (Wildman–Crippen LogP) is 0.324. The van der Waals surface area contributed by atoms with Gasteiger partial charge in [-0.1, -0.05) is 0 Å². The van der Waals surface area contributed by atoms with E-state index in [1.165, 1.54) is 11.3 Å². The minimum Gasteiger partial charge on any atom is -0.465 e. The molecule has 2 rings (SSSR count). The van der Waals surface area contributed by atoms with Gasteiger partial charge in [-0.25, -0.2) is 9.78 Å². The fraction of sp³-hybridized carbons (Fsp3) is 0.429. The molecule has 0 spiro atoms. The lowest BCUT2D eigenvalue weighted by atomic mass is 9.96. The summed E-state index contributed by atoms with van der Waals surface area (Å²) in [4.78, 5) is 15.5. The van der Waals surface area contributed by atoms with Gasteiger partial charge in [-0.3, -0.25) is 0 Å². The lowest BCUT2D eigenvalue weighted by Gasteiger charge is -2.43. The molecule has 1 saturated heterocycles. The summed E-state index contributed by atoms with van der Waals surface area (Å²) in [5.41, 5.74) is -1.05. The SMILES string of the molecule is O=C(O)N1CC(O)(c2nccs2)C1. The molecule has 1 aromatic rings. The molecule has 6 heteroatoms. The van der Waals surface area contributed by atoms with Gasteiger partial charge in [-0.2, -0.15) is 0 Å². The van der Waals surface area contributed by atoms with Gasteiger partial charge in [-0.05, 0) is 0 Å². The second kappa shape index (κ2) is 2.68. The van der Waals surface area contributed by atoms with Gasteiger partial charge in [0.15, 0.2) is 5.60 Å². The quantitative estimate of drug-likeness (QED) is 0.685. The summed E-state index contributed by atoms with van der Waals surface area (Å²) in [5.74, 6) is 0. The van der Waals surface area contributed by atoms with E-state index in [2.05, 4.69) is 4.98 Å². The lowest BCUT2D eigenvalue weighted by Crippen LogP contribution is -2.60. The topological polar surface area (TPSA) is 73.7 Å². The first-order valence-corrected chi connectivity index (χ1v) is 4.60. The number of rotatable bonds is 1. The van der Waals surface area contributed by atoms with E-state index in [1.807, 2.05) is 0 Å². The second-order valence-corrected chi connectivity index (χ2v) is 3.90. The maximum absolute atomic E-state index is 10.4. The fourth-order valence-corrected chi connectivity index (χ4v) is 2.03. The van der Waals surface area contributed by atoms with Crippen LogP contribution in [0.5, 0.6) is 0 Å². The van der Waals surface area contributed by atoms with Crippen LogP contribution in [0.25, 0.3) is 0 Å². The van der Waals surface area contributed by atoms with Crippen molar-refractivity contribution >= 4 is 17.4 Å². The van der Waals surface area contributed by atoms with E-state index in [9.17, 15) is 9.90 Å². The molecule has 0 bridgehead atoms. The zero-order chi connectivity index (χ0) is 9.47. The third kappa shape index (κ3) is 1.27. The first-order valence-electron chi connectivity index (χ1n) is 3.72. The van der Waals surface area contributed by atoms with Gasteiger partial charge in [0.05, 0.1) is 13.1 Å².